The minimum absolute atomic E-state index is 0.0989. The van der Waals surface area contributed by atoms with Crippen molar-refractivity contribution in [3.8, 4) is 0 Å². The van der Waals surface area contributed by atoms with Crippen molar-refractivity contribution < 1.29 is 13.2 Å². The van der Waals surface area contributed by atoms with Crippen LogP contribution in [0, 0.1) is 0 Å². The van der Waals surface area contributed by atoms with Crippen LogP contribution in [0.25, 0.3) is 0 Å². The number of carbonyl (C=O) groups excluding carboxylic acids is 1. The summed E-state index contributed by atoms with van der Waals surface area (Å²) in [7, 11) is 1.33. The van der Waals surface area contributed by atoms with E-state index >= 15 is 0 Å². The van der Waals surface area contributed by atoms with Gasteiger partial charge in [0.05, 0.1) is 15.5 Å². The highest BCUT2D eigenvalue weighted by atomic mass is 35.7. The van der Waals surface area contributed by atoms with Crippen LogP contribution in [-0.2, 0) is 9.05 Å². The van der Waals surface area contributed by atoms with Crippen LogP contribution >= 0.6 is 22.3 Å². The first-order chi connectivity index (χ1) is 7.86. The Morgan fingerprint density at radius 1 is 1.41 bits per heavy atom. The number of nitrogens with one attached hydrogen (secondary N) is 1. The Morgan fingerprint density at radius 3 is 2.59 bits per heavy atom. The van der Waals surface area contributed by atoms with Crippen LogP contribution in [0.5, 0.6) is 0 Å². The van der Waals surface area contributed by atoms with Crippen LogP contribution in [0.15, 0.2) is 23.1 Å². The minimum atomic E-state index is -3.86. The predicted octanol–water partition coefficient (Wildman–Crippen LogP) is 2.41. The van der Waals surface area contributed by atoms with Crippen LogP contribution in [0.2, 0.25) is 5.02 Å². The Hall–Kier alpha value is -0.780. The standard InChI is InChI=1S/C10H11Cl2NO3S/c1-2-5-13-10(14)8-6-7(17(12,15)16)3-4-9(8)11/h3-4,6H,2,5H2,1H3,(H,13,14). The van der Waals surface area contributed by atoms with E-state index in [-0.39, 0.29) is 15.5 Å². The lowest BCUT2D eigenvalue weighted by atomic mass is 10.2. The van der Waals surface area contributed by atoms with Gasteiger partial charge in [-0.05, 0) is 24.6 Å². The van der Waals surface area contributed by atoms with Crippen LogP contribution in [0.4, 0.5) is 0 Å². The van der Waals surface area contributed by atoms with Crippen molar-refractivity contribution in [2.24, 2.45) is 0 Å². The molecule has 1 amide bonds. The lowest BCUT2D eigenvalue weighted by molar-refractivity contribution is 0.0953. The SMILES string of the molecule is CCCNC(=O)c1cc(S(=O)(=O)Cl)ccc1Cl. The summed E-state index contributed by atoms with van der Waals surface area (Å²) in [6.45, 7) is 2.40. The first-order valence-corrected chi connectivity index (χ1v) is 7.57. The molecule has 0 saturated heterocycles. The molecule has 0 saturated carbocycles. The molecule has 94 valence electrons. The molecule has 4 nitrogen and oxygen atoms in total. The fourth-order valence-electron chi connectivity index (χ4n) is 1.16. The third kappa shape index (κ3) is 3.87. The van der Waals surface area contributed by atoms with Gasteiger partial charge in [0, 0.05) is 17.2 Å². The third-order valence-electron chi connectivity index (χ3n) is 2.00. The van der Waals surface area contributed by atoms with Crippen molar-refractivity contribution in [3.63, 3.8) is 0 Å². The first kappa shape index (κ1) is 14.3. The number of halogens is 2. The van der Waals surface area contributed by atoms with Gasteiger partial charge in [-0.2, -0.15) is 0 Å². The molecule has 1 aromatic rings. The second kappa shape index (κ2) is 5.71. The van der Waals surface area contributed by atoms with Gasteiger partial charge < -0.3 is 5.32 Å². The highest BCUT2D eigenvalue weighted by Crippen LogP contribution is 2.22. The van der Waals surface area contributed by atoms with Gasteiger partial charge >= 0.3 is 0 Å². The lowest BCUT2D eigenvalue weighted by Crippen LogP contribution is -2.24. The van der Waals surface area contributed by atoms with Crippen molar-refractivity contribution in [1.29, 1.82) is 0 Å². The molecular weight excluding hydrogens is 285 g/mol. The van der Waals surface area contributed by atoms with Gasteiger partial charge in [-0.15, -0.1) is 0 Å². The molecule has 17 heavy (non-hydrogen) atoms. The molecule has 7 heteroatoms. The van der Waals surface area contributed by atoms with E-state index in [9.17, 15) is 13.2 Å². The Balaban J connectivity index is 3.11. The van der Waals surface area contributed by atoms with Crippen molar-refractivity contribution >= 4 is 37.2 Å². The minimum Gasteiger partial charge on any atom is -0.352 e. The van der Waals surface area contributed by atoms with E-state index in [1.165, 1.54) is 12.1 Å². The van der Waals surface area contributed by atoms with Crippen LogP contribution < -0.4 is 5.32 Å². The maximum Gasteiger partial charge on any atom is 0.261 e. The highest BCUT2D eigenvalue weighted by Gasteiger charge is 2.16. The Bertz CT molecular complexity index is 528. The molecule has 0 bridgehead atoms. The van der Waals surface area contributed by atoms with E-state index in [1.54, 1.807) is 0 Å². The van der Waals surface area contributed by atoms with Gasteiger partial charge in [-0.3, -0.25) is 4.79 Å². The summed E-state index contributed by atoms with van der Waals surface area (Å²) in [6.07, 6.45) is 0.775. The molecule has 0 aliphatic carbocycles. The topological polar surface area (TPSA) is 63.2 Å². The lowest BCUT2D eigenvalue weighted by Gasteiger charge is -2.06. The fraction of sp³-hybridized carbons (Fsp3) is 0.300. The van der Waals surface area contributed by atoms with E-state index in [0.717, 1.165) is 12.5 Å². The monoisotopic (exact) mass is 295 g/mol. The van der Waals surface area contributed by atoms with Gasteiger partial charge in [-0.25, -0.2) is 8.42 Å². The molecule has 0 aromatic heterocycles. The summed E-state index contributed by atoms with van der Waals surface area (Å²) in [5.74, 6) is -0.418. The van der Waals surface area contributed by atoms with Crippen molar-refractivity contribution in [2.75, 3.05) is 6.54 Å². The Labute approximate surface area is 109 Å². The fourth-order valence-corrected chi connectivity index (χ4v) is 2.14. The van der Waals surface area contributed by atoms with E-state index < -0.39 is 15.0 Å². The average Bonchev–Trinajstić information content (AvgIpc) is 2.24. The van der Waals surface area contributed by atoms with E-state index in [4.69, 9.17) is 22.3 Å². The van der Waals surface area contributed by atoms with Gasteiger partial charge in [-0.1, -0.05) is 18.5 Å². The maximum absolute atomic E-state index is 11.7. The van der Waals surface area contributed by atoms with Crippen LogP contribution in [0.1, 0.15) is 23.7 Å². The summed E-state index contributed by atoms with van der Waals surface area (Å²) in [5.41, 5.74) is 0.0989. The Kier molecular flexibility index (Phi) is 4.80. The summed E-state index contributed by atoms with van der Waals surface area (Å²) in [5, 5.41) is 2.79. The van der Waals surface area contributed by atoms with Gasteiger partial charge in [0.25, 0.3) is 15.0 Å². The molecule has 1 N–H and O–H groups in total. The van der Waals surface area contributed by atoms with Crippen molar-refractivity contribution in [3.05, 3.63) is 28.8 Å². The molecule has 0 radical (unpaired) electrons. The second-order valence-electron chi connectivity index (χ2n) is 3.34. The van der Waals surface area contributed by atoms with E-state index in [2.05, 4.69) is 5.32 Å². The molecule has 1 rings (SSSR count). The summed E-state index contributed by atoms with van der Waals surface area (Å²) >= 11 is 5.82. The van der Waals surface area contributed by atoms with Crippen LogP contribution in [0.3, 0.4) is 0 Å². The van der Waals surface area contributed by atoms with Gasteiger partial charge in [0.1, 0.15) is 0 Å². The smallest absolute Gasteiger partial charge is 0.261 e. The third-order valence-corrected chi connectivity index (χ3v) is 3.68. The molecule has 0 fully saturated rings. The van der Waals surface area contributed by atoms with E-state index in [0.29, 0.717) is 6.54 Å². The molecule has 0 aliphatic heterocycles. The zero-order valence-electron chi connectivity index (χ0n) is 9.04. The summed E-state index contributed by atoms with van der Waals surface area (Å²) in [6, 6.07) is 3.74. The zero-order valence-corrected chi connectivity index (χ0v) is 11.4. The van der Waals surface area contributed by atoms with E-state index in [1.807, 2.05) is 6.92 Å². The molecule has 0 unspecified atom stereocenters. The number of amides is 1. The maximum atomic E-state index is 11.7. The Morgan fingerprint density at radius 2 is 2.06 bits per heavy atom. The number of carbonyl (C=O) groups is 1. The number of rotatable bonds is 4. The number of hydrogen-bond donors (Lipinski definition) is 1. The summed E-state index contributed by atoms with van der Waals surface area (Å²) in [4.78, 5) is 11.5. The van der Waals surface area contributed by atoms with Crippen molar-refractivity contribution in [2.45, 2.75) is 18.2 Å². The second-order valence-corrected chi connectivity index (χ2v) is 6.31. The van der Waals surface area contributed by atoms with Crippen molar-refractivity contribution in [1.82, 2.24) is 5.32 Å². The van der Waals surface area contributed by atoms with Gasteiger partial charge in [0.15, 0.2) is 0 Å². The molecule has 0 spiro atoms. The number of hydrogen-bond acceptors (Lipinski definition) is 3. The normalized spacial score (nSPS) is 11.2. The molecule has 0 aliphatic rings. The zero-order chi connectivity index (χ0) is 13.1. The highest BCUT2D eigenvalue weighted by molar-refractivity contribution is 8.13. The first-order valence-electron chi connectivity index (χ1n) is 4.88. The molecule has 0 heterocycles. The molecular formula is C10H11Cl2NO3S. The quantitative estimate of drug-likeness (QED) is 0.868. The van der Waals surface area contributed by atoms with Crippen LogP contribution in [-0.4, -0.2) is 20.9 Å². The molecule has 1 aromatic carbocycles. The average molecular weight is 296 g/mol. The summed E-state index contributed by atoms with van der Waals surface area (Å²) < 4.78 is 22.2. The molecule has 0 atom stereocenters. The van der Waals surface area contributed by atoms with Gasteiger partial charge in [0.2, 0.25) is 0 Å². The predicted molar refractivity (Wildman–Crippen MR) is 67.1 cm³/mol. The largest absolute Gasteiger partial charge is 0.352 e. The number of benzene rings is 1.